The Kier molecular flexibility index (Phi) is 6.22. The molecule has 3 heteroatoms. The smallest absolute Gasteiger partial charge is 0.162 e. The van der Waals surface area contributed by atoms with Crippen molar-refractivity contribution >= 4 is 5.78 Å². The number of ether oxygens (including phenoxy) is 1. The zero-order valence-electron chi connectivity index (χ0n) is 12.4. The van der Waals surface area contributed by atoms with E-state index in [4.69, 9.17) is 4.74 Å². The minimum Gasteiger partial charge on any atom is -0.378 e. The van der Waals surface area contributed by atoms with Crippen molar-refractivity contribution in [3.8, 4) is 0 Å². The minimum atomic E-state index is 0.259. The third-order valence-corrected chi connectivity index (χ3v) is 3.91. The zero-order chi connectivity index (χ0) is 14.2. The first kappa shape index (κ1) is 15.2. The predicted molar refractivity (Wildman–Crippen MR) is 81.1 cm³/mol. The van der Waals surface area contributed by atoms with Crippen LogP contribution >= 0.6 is 0 Å². The summed E-state index contributed by atoms with van der Waals surface area (Å²) in [5.41, 5.74) is 0.836. The van der Waals surface area contributed by atoms with Gasteiger partial charge in [-0.1, -0.05) is 30.3 Å². The van der Waals surface area contributed by atoms with Gasteiger partial charge in [0.25, 0.3) is 0 Å². The van der Waals surface area contributed by atoms with Crippen LogP contribution in [0.15, 0.2) is 30.3 Å². The zero-order valence-corrected chi connectivity index (χ0v) is 12.4. The van der Waals surface area contributed by atoms with Crippen molar-refractivity contribution in [3.63, 3.8) is 0 Å². The molecule has 1 aliphatic heterocycles. The van der Waals surface area contributed by atoms with Crippen molar-refractivity contribution in [2.24, 2.45) is 0 Å². The second-order valence-corrected chi connectivity index (χ2v) is 5.39. The molecule has 0 N–H and O–H groups in total. The molecule has 0 bridgehead atoms. The van der Waals surface area contributed by atoms with Gasteiger partial charge in [0.1, 0.15) is 0 Å². The third kappa shape index (κ3) is 4.73. The van der Waals surface area contributed by atoms with E-state index in [1.807, 2.05) is 30.3 Å². The molecule has 0 aliphatic carbocycles. The molecule has 1 fully saturated rings. The first-order chi connectivity index (χ1) is 9.79. The second-order valence-electron chi connectivity index (χ2n) is 5.39. The summed E-state index contributed by atoms with van der Waals surface area (Å²) in [6.07, 6.45) is 4.30. The van der Waals surface area contributed by atoms with Crippen LogP contribution in [0.25, 0.3) is 0 Å². The molecule has 110 valence electrons. The summed E-state index contributed by atoms with van der Waals surface area (Å²) in [4.78, 5) is 14.4. The highest BCUT2D eigenvalue weighted by Gasteiger charge is 2.18. The van der Waals surface area contributed by atoms with Crippen LogP contribution in [0, 0.1) is 0 Å². The molecule has 0 spiro atoms. The van der Waals surface area contributed by atoms with E-state index in [9.17, 15) is 4.79 Å². The highest BCUT2D eigenvalue weighted by molar-refractivity contribution is 5.95. The van der Waals surface area contributed by atoms with Crippen LogP contribution < -0.4 is 0 Å². The van der Waals surface area contributed by atoms with E-state index in [1.54, 1.807) is 0 Å². The molecule has 0 amide bonds. The molecular formula is C17H25NO2. The lowest BCUT2D eigenvalue weighted by Crippen LogP contribution is -2.37. The van der Waals surface area contributed by atoms with Crippen molar-refractivity contribution in [3.05, 3.63) is 35.9 Å². The maximum Gasteiger partial charge on any atom is 0.162 e. The SMILES string of the molecule is CCOC1CCN(CCCC(=O)c2ccccc2)CC1. The van der Waals surface area contributed by atoms with Crippen molar-refractivity contribution in [1.29, 1.82) is 0 Å². The molecule has 0 radical (unpaired) electrons. The van der Waals surface area contributed by atoms with Gasteiger partial charge in [-0.2, -0.15) is 0 Å². The topological polar surface area (TPSA) is 29.5 Å². The molecule has 3 nitrogen and oxygen atoms in total. The second kappa shape index (κ2) is 8.18. The number of hydrogen-bond donors (Lipinski definition) is 0. The number of Topliss-reactive ketones (excluding diaryl/α,β-unsaturated/α-hetero) is 1. The van der Waals surface area contributed by atoms with E-state index in [0.717, 1.165) is 51.1 Å². The molecular weight excluding hydrogens is 250 g/mol. The first-order valence-electron chi connectivity index (χ1n) is 7.72. The number of likely N-dealkylation sites (tertiary alicyclic amines) is 1. The fraction of sp³-hybridized carbons (Fsp3) is 0.588. The van der Waals surface area contributed by atoms with Crippen molar-refractivity contribution < 1.29 is 9.53 Å². The van der Waals surface area contributed by atoms with Crippen LogP contribution in [0.3, 0.4) is 0 Å². The van der Waals surface area contributed by atoms with Gasteiger partial charge in [-0.15, -0.1) is 0 Å². The summed E-state index contributed by atoms with van der Waals surface area (Å²) in [5.74, 6) is 0.259. The highest BCUT2D eigenvalue weighted by atomic mass is 16.5. The third-order valence-electron chi connectivity index (χ3n) is 3.91. The lowest BCUT2D eigenvalue weighted by Gasteiger charge is -2.31. The van der Waals surface area contributed by atoms with Gasteiger partial charge in [0.15, 0.2) is 5.78 Å². The van der Waals surface area contributed by atoms with E-state index < -0.39 is 0 Å². The Morgan fingerprint density at radius 3 is 2.60 bits per heavy atom. The van der Waals surface area contributed by atoms with Crippen LogP contribution in [0.5, 0.6) is 0 Å². The van der Waals surface area contributed by atoms with Gasteiger partial charge in [-0.25, -0.2) is 0 Å². The fourth-order valence-electron chi connectivity index (χ4n) is 2.77. The van der Waals surface area contributed by atoms with E-state index in [2.05, 4.69) is 11.8 Å². The number of benzene rings is 1. The Bertz CT molecular complexity index is 397. The summed E-state index contributed by atoms with van der Waals surface area (Å²) in [6.45, 7) is 6.10. The normalized spacial score (nSPS) is 17.2. The Morgan fingerprint density at radius 2 is 1.95 bits per heavy atom. The molecule has 2 rings (SSSR count). The molecule has 0 aromatic heterocycles. The summed E-state index contributed by atoms with van der Waals surface area (Å²) in [6, 6.07) is 9.59. The summed E-state index contributed by atoms with van der Waals surface area (Å²) in [5, 5.41) is 0. The van der Waals surface area contributed by atoms with Gasteiger partial charge in [-0.3, -0.25) is 4.79 Å². The lowest BCUT2D eigenvalue weighted by atomic mass is 10.0. The number of carbonyl (C=O) groups is 1. The van der Waals surface area contributed by atoms with Crippen molar-refractivity contribution in [2.75, 3.05) is 26.2 Å². The highest BCUT2D eigenvalue weighted by Crippen LogP contribution is 2.14. The lowest BCUT2D eigenvalue weighted by molar-refractivity contribution is 0.0140. The largest absolute Gasteiger partial charge is 0.378 e. The molecule has 1 saturated heterocycles. The van der Waals surface area contributed by atoms with Crippen LogP contribution in [0.1, 0.15) is 43.0 Å². The molecule has 0 atom stereocenters. The van der Waals surface area contributed by atoms with Gasteiger partial charge >= 0.3 is 0 Å². The van der Waals surface area contributed by atoms with E-state index >= 15 is 0 Å². The minimum absolute atomic E-state index is 0.259. The van der Waals surface area contributed by atoms with E-state index in [1.165, 1.54) is 0 Å². The number of hydrogen-bond acceptors (Lipinski definition) is 3. The fourth-order valence-corrected chi connectivity index (χ4v) is 2.77. The molecule has 1 aliphatic rings. The van der Waals surface area contributed by atoms with Gasteiger partial charge in [0.05, 0.1) is 6.10 Å². The van der Waals surface area contributed by atoms with Gasteiger partial charge < -0.3 is 9.64 Å². The predicted octanol–water partition coefficient (Wildman–Crippen LogP) is 3.15. The summed E-state index contributed by atoms with van der Waals surface area (Å²) >= 11 is 0. The molecule has 1 aromatic carbocycles. The average Bonchev–Trinajstić information content (AvgIpc) is 2.50. The summed E-state index contributed by atoms with van der Waals surface area (Å²) in [7, 11) is 0. The van der Waals surface area contributed by atoms with Gasteiger partial charge in [0.2, 0.25) is 0 Å². The van der Waals surface area contributed by atoms with E-state index in [-0.39, 0.29) is 5.78 Å². The Balaban J connectivity index is 1.63. The van der Waals surface area contributed by atoms with Gasteiger partial charge in [0, 0.05) is 31.7 Å². The molecule has 1 heterocycles. The van der Waals surface area contributed by atoms with Crippen LogP contribution in [-0.2, 0) is 4.74 Å². The first-order valence-corrected chi connectivity index (χ1v) is 7.72. The van der Waals surface area contributed by atoms with Gasteiger partial charge in [-0.05, 0) is 32.7 Å². The average molecular weight is 275 g/mol. The number of ketones is 1. The number of piperidine rings is 1. The number of carbonyl (C=O) groups excluding carboxylic acids is 1. The molecule has 1 aromatic rings. The number of nitrogens with zero attached hydrogens (tertiary/aromatic N) is 1. The maximum absolute atomic E-state index is 12.0. The maximum atomic E-state index is 12.0. The molecule has 20 heavy (non-hydrogen) atoms. The van der Waals surface area contributed by atoms with Crippen LogP contribution in [0.2, 0.25) is 0 Å². The van der Waals surface area contributed by atoms with Crippen molar-refractivity contribution in [2.45, 2.75) is 38.7 Å². The Hall–Kier alpha value is -1.19. The van der Waals surface area contributed by atoms with E-state index in [0.29, 0.717) is 12.5 Å². The summed E-state index contributed by atoms with van der Waals surface area (Å²) < 4.78 is 5.65. The quantitative estimate of drug-likeness (QED) is 0.716. The number of rotatable bonds is 7. The van der Waals surface area contributed by atoms with Crippen LogP contribution in [0.4, 0.5) is 0 Å². The van der Waals surface area contributed by atoms with Crippen LogP contribution in [-0.4, -0.2) is 43.0 Å². The standard InChI is InChI=1S/C17H25NO2/c1-2-20-16-10-13-18(14-11-16)12-6-9-17(19)15-7-4-3-5-8-15/h3-5,7-8,16H,2,6,9-14H2,1H3. The Morgan fingerprint density at radius 1 is 1.25 bits per heavy atom. The molecule has 0 saturated carbocycles. The monoisotopic (exact) mass is 275 g/mol. The van der Waals surface area contributed by atoms with Crippen molar-refractivity contribution in [1.82, 2.24) is 4.90 Å². The Labute approximate surface area is 121 Å². The molecule has 0 unspecified atom stereocenters.